The van der Waals surface area contributed by atoms with Gasteiger partial charge in [-0.2, -0.15) is 9.36 Å². The summed E-state index contributed by atoms with van der Waals surface area (Å²) >= 11 is 2.42. The maximum Gasteiger partial charge on any atom is 0.278 e. The molecule has 134 valence electrons. The van der Waals surface area contributed by atoms with E-state index in [1.54, 1.807) is 16.7 Å². The minimum absolute atomic E-state index is 0.0831. The number of nitrogens with one attached hydrogen (secondary N) is 1. The van der Waals surface area contributed by atoms with Crippen LogP contribution in [0.2, 0.25) is 0 Å². The number of nitrogens with zero attached hydrogens (tertiary/aromatic N) is 4. The number of β-lactam (4-membered cyclic amide) rings is 1. The number of hydrogen-bond acceptors (Lipinski definition) is 9. The number of amides is 2. The number of nitrogens with two attached hydrogens (primary N) is 1. The molecule has 2 atom stereocenters. The molecule has 9 nitrogen and oxygen atoms in total. The zero-order chi connectivity index (χ0) is 18.1. The first-order chi connectivity index (χ1) is 11.9. The van der Waals surface area contributed by atoms with Crippen molar-refractivity contribution in [3.63, 3.8) is 0 Å². The average Bonchev–Trinajstić information content (AvgIpc) is 3.01. The SMILES string of the molecule is CC1=C(C)N2C(=O)[C@@H](NC(=O)/C(=N\OCF)c3nsc(N)n3)C2SC1. The van der Waals surface area contributed by atoms with Gasteiger partial charge in [-0.15, -0.1) is 11.8 Å². The number of aromatic nitrogens is 2. The number of hydrogen-bond donors (Lipinski definition) is 2. The third-order valence-electron chi connectivity index (χ3n) is 3.85. The summed E-state index contributed by atoms with van der Waals surface area (Å²) < 4.78 is 16.1. The molecule has 2 amide bonds. The minimum Gasteiger partial charge on any atom is -0.374 e. The molecule has 1 saturated heterocycles. The maximum absolute atomic E-state index is 12.5. The number of allylic oxidation sites excluding steroid dienone is 1. The molecule has 0 spiro atoms. The second-order valence-corrected chi connectivity index (χ2v) is 7.25. The molecular weight excluding hydrogens is 371 g/mol. The number of fused-ring (bicyclic) bond motifs is 1. The third kappa shape index (κ3) is 3.18. The van der Waals surface area contributed by atoms with Crippen LogP contribution in [-0.2, 0) is 14.4 Å². The smallest absolute Gasteiger partial charge is 0.278 e. The van der Waals surface area contributed by atoms with Gasteiger partial charge in [0.2, 0.25) is 11.5 Å². The largest absolute Gasteiger partial charge is 0.374 e. The molecule has 1 aromatic rings. The predicted octanol–water partition coefficient (Wildman–Crippen LogP) is 0.462. The van der Waals surface area contributed by atoms with Crippen molar-refractivity contribution in [3.05, 3.63) is 17.1 Å². The fourth-order valence-electron chi connectivity index (χ4n) is 2.46. The Kier molecular flexibility index (Phi) is 4.90. The van der Waals surface area contributed by atoms with Gasteiger partial charge in [0.1, 0.15) is 11.4 Å². The highest BCUT2D eigenvalue weighted by molar-refractivity contribution is 8.00. The Labute approximate surface area is 150 Å². The maximum atomic E-state index is 12.5. The van der Waals surface area contributed by atoms with Crippen molar-refractivity contribution in [2.24, 2.45) is 5.16 Å². The number of nitrogen functional groups attached to an aromatic ring is 1. The Balaban J connectivity index is 1.76. The van der Waals surface area contributed by atoms with Gasteiger partial charge in [-0.25, -0.2) is 4.39 Å². The highest BCUT2D eigenvalue weighted by atomic mass is 32.2. The van der Waals surface area contributed by atoms with Crippen molar-refractivity contribution in [2.75, 3.05) is 18.3 Å². The van der Waals surface area contributed by atoms with E-state index in [2.05, 4.69) is 24.7 Å². The van der Waals surface area contributed by atoms with E-state index in [-0.39, 0.29) is 27.9 Å². The van der Waals surface area contributed by atoms with E-state index >= 15 is 0 Å². The quantitative estimate of drug-likeness (QED) is 0.428. The zero-order valence-corrected chi connectivity index (χ0v) is 15.0. The van der Waals surface area contributed by atoms with E-state index in [1.165, 1.54) is 0 Å². The van der Waals surface area contributed by atoms with Crippen LogP contribution in [0, 0.1) is 0 Å². The lowest BCUT2D eigenvalue weighted by Crippen LogP contribution is -2.70. The summed E-state index contributed by atoms with van der Waals surface area (Å²) in [6.45, 7) is 2.63. The van der Waals surface area contributed by atoms with Gasteiger partial charge in [0.25, 0.3) is 18.7 Å². The molecule has 0 bridgehead atoms. The number of carbonyl (C=O) groups is 2. The zero-order valence-electron chi connectivity index (χ0n) is 13.4. The van der Waals surface area contributed by atoms with Gasteiger partial charge < -0.3 is 15.9 Å². The van der Waals surface area contributed by atoms with E-state index in [9.17, 15) is 14.0 Å². The van der Waals surface area contributed by atoms with Crippen LogP contribution in [0.15, 0.2) is 16.4 Å². The fourth-order valence-corrected chi connectivity index (χ4v) is 4.31. The van der Waals surface area contributed by atoms with Crippen LogP contribution >= 0.6 is 23.3 Å². The van der Waals surface area contributed by atoms with Crippen LogP contribution in [0.25, 0.3) is 0 Å². The van der Waals surface area contributed by atoms with Gasteiger partial charge in [-0.3, -0.25) is 14.5 Å². The summed E-state index contributed by atoms with van der Waals surface area (Å²) in [6.07, 6.45) is 0. The summed E-state index contributed by atoms with van der Waals surface area (Å²) in [5.41, 5.74) is 7.19. The summed E-state index contributed by atoms with van der Waals surface area (Å²) in [5.74, 6) is -0.240. The van der Waals surface area contributed by atoms with Gasteiger partial charge in [-0.05, 0) is 19.4 Å². The van der Waals surface area contributed by atoms with Crippen LogP contribution in [0.4, 0.5) is 9.52 Å². The molecule has 3 N–H and O–H groups in total. The molecule has 0 aliphatic carbocycles. The molecule has 3 heterocycles. The molecule has 1 aromatic heterocycles. The van der Waals surface area contributed by atoms with Crippen molar-refractivity contribution in [2.45, 2.75) is 25.3 Å². The van der Waals surface area contributed by atoms with Crippen LogP contribution in [-0.4, -0.2) is 55.8 Å². The second kappa shape index (κ2) is 6.96. The van der Waals surface area contributed by atoms with E-state index in [0.29, 0.717) is 0 Å². The van der Waals surface area contributed by atoms with Crippen LogP contribution in [0.3, 0.4) is 0 Å². The van der Waals surface area contributed by atoms with Crippen LogP contribution < -0.4 is 11.1 Å². The summed E-state index contributed by atoms with van der Waals surface area (Å²) in [6, 6.07) is -0.702. The molecule has 25 heavy (non-hydrogen) atoms. The second-order valence-electron chi connectivity index (χ2n) is 5.36. The number of alkyl halides is 1. The van der Waals surface area contributed by atoms with Gasteiger partial charge in [-0.1, -0.05) is 5.16 Å². The van der Waals surface area contributed by atoms with Crippen LogP contribution in [0.1, 0.15) is 19.7 Å². The highest BCUT2D eigenvalue weighted by Gasteiger charge is 2.51. The minimum atomic E-state index is -1.21. The Morgan fingerprint density at radius 1 is 1.56 bits per heavy atom. The predicted molar refractivity (Wildman–Crippen MR) is 91.3 cm³/mol. The van der Waals surface area contributed by atoms with Gasteiger partial charge in [0.05, 0.1) is 0 Å². The molecule has 12 heteroatoms. The molecule has 2 aliphatic rings. The monoisotopic (exact) mass is 386 g/mol. The lowest BCUT2D eigenvalue weighted by molar-refractivity contribution is -0.145. The fraction of sp³-hybridized carbons (Fsp3) is 0.462. The summed E-state index contributed by atoms with van der Waals surface area (Å²) in [5, 5.41) is 5.94. The van der Waals surface area contributed by atoms with Gasteiger partial charge in [0, 0.05) is 23.0 Å². The molecule has 3 rings (SSSR count). The molecule has 0 saturated carbocycles. The summed E-state index contributed by atoms with van der Waals surface area (Å²) in [4.78, 5) is 34.6. The van der Waals surface area contributed by atoms with Crippen LogP contribution in [0.5, 0.6) is 0 Å². The summed E-state index contributed by atoms with van der Waals surface area (Å²) in [7, 11) is 0. The van der Waals surface area contributed by atoms with E-state index < -0.39 is 18.8 Å². The Bertz CT molecular complexity index is 780. The number of halogens is 1. The van der Waals surface area contributed by atoms with E-state index in [1.807, 2.05) is 13.8 Å². The Hall–Kier alpha value is -2.21. The number of oxime groups is 1. The van der Waals surface area contributed by atoms with Crippen molar-refractivity contribution in [1.82, 2.24) is 19.6 Å². The molecular formula is C13H15FN6O3S2. The standard InChI is InChI=1S/C13H15FN6O3S2/c1-5-3-24-12-8(11(22)20(12)6(5)2)16-10(21)7(18-23-4-14)9-17-13(15)25-19-9/h8,12H,3-4H2,1-2H3,(H,16,21)(H2,15,17,19)/b18-7-/t8-,12?/m1/s1. The van der Waals surface area contributed by atoms with Gasteiger partial charge in [0.15, 0.2) is 5.13 Å². The topological polar surface area (TPSA) is 123 Å². The lowest BCUT2D eigenvalue weighted by atomic mass is 10.0. The molecule has 0 radical (unpaired) electrons. The Morgan fingerprint density at radius 2 is 2.32 bits per heavy atom. The molecule has 0 aromatic carbocycles. The number of anilines is 1. The lowest BCUT2D eigenvalue weighted by Gasteiger charge is -2.49. The van der Waals surface area contributed by atoms with E-state index in [0.717, 1.165) is 28.6 Å². The number of rotatable bonds is 5. The first kappa shape index (κ1) is 17.6. The van der Waals surface area contributed by atoms with Crippen molar-refractivity contribution in [1.29, 1.82) is 0 Å². The molecule has 2 aliphatic heterocycles. The first-order valence-corrected chi connectivity index (χ1v) is 9.03. The van der Waals surface area contributed by atoms with Crippen molar-refractivity contribution in [3.8, 4) is 0 Å². The highest BCUT2D eigenvalue weighted by Crippen LogP contribution is 2.39. The van der Waals surface area contributed by atoms with Crippen molar-refractivity contribution >= 4 is 46.0 Å². The molecule has 1 fully saturated rings. The van der Waals surface area contributed by atoms with Gasteiger partial charge >= 0.3 is 0 Å². The number of carbonyl (C=O) groups excluding carboxylic acids is 2. The molecule has 1 unspecified atom stereocenters. The van der Waals surface area contributed by atoms with E-state index in [4.69, 9.17) is 5.73 Å². The Morgan fingerprint density at radius 3 is 2.96 bits per heavy atom. The third-order valence-corrected chi connectivity index (χ3v) is 5.82. The normalized spacial score (nSPS) is 23.2. The number of thioether (sulfide) groups is 1. The van der Waals surface area contributed by atoms with Crippen molar-refractivity contribution < 1.29 is 18.8 Å². The first-order valence-electron chi connectivity index (χ1n) is 7.21. The average molecular weight is 386 g/mol.